The van der Waals surface area contributed by atoms with Crippen molar-refractivity contribution in [3.8, 4) is 83.6 Å². The van der Waals surface area contributed by atoms with Gasteiger partial charge in [-0.05, 0) is 210 Å². The van der Waals surface area contributed by atoms with Crippen molar-refractivity contribution in [1.82, 2.24) is 4.57 Å². The Morgan fingerprint density at radius 3 is 1.04 bits per heavy atom. The van der Waals surface area contributed by atoms with E-state index in [-0.39, 0.29) is 6.71 Å². The van der Waals surface area contributed by atoms with Gasteiger partial charge in [-0.3, -0.25) is 0 Å². The lowest BCUT2D eigenvalue weighted by Crippen LogP contribution is -2.63. The van der Waals surface area contributed by atoms with Crippen molar-refractivity contribution in [2.24, 2.45) is 0 Å². The standard InChI is InChI=1S/C105H62BN3/c1-2-26-63(27-3-1)64-50-52-65(53-51-64)109-97-62-67(108-93-48-24-13-37-78(93)79-38-14-25-49-94(79)108)61-96-100(97)106(92-58-56-81-76-36-12-23-47-90(76)105(99(81)102(92)109)87-44-20-9-32-72(87)73-33-10-21-45-88(73)105)101-95(59-57-80-75-35-11-22-46-89(75)104(98(80)101)85-42-18-7-30-70(85)71-31-8-19-43-86(71)104)107(96)66-54-55-77-74-34-6-17-41-84(74)103(91(77)60-66)82-39-15-4-28-68(82)69-29-5-16-40-83(69)103/h1-62H. The van der Waals surface area contributed by atoms with E-state index in [2.05, 4.69) is 390 Å². The normalized spacial score (nSPS) is 15.0. The number of anilines is 6. The van der Waals surface area contributed by atoms with Gasteiger partial charge in [-0.1, -0.05) is 322 Å². The van der Waals surface area contributed by atoms with Crippen molar-refractivity contribution in [3.05, 3.63) is 443 Å². The van der Waals surface area contributed by atoms with Crippen molar-refractivity contribution >= 4 is 79.0 Å². The van der Waals surface area contributed by atoms with Crippen LogP contribution in [0.15, 0.2) is 376 Å². The van der Waals surface area contributed by atoms with Crippen LogP contribution in [0.4, 0.5) is 34.1 Å². The first-order chi connectivity index (χ1) is 54.1. The molecule has 3 spiro atoms. The smallest absolute Gasteiger partial charge is 0.252 e. The number of hydrogen-bond donors (Lipinski definition) is 0. The van der Waals surface area contributed by atoms with Crippen LogP contribution in [-0.4, -0.2) is 11.3 Å². The van der Waals surface area contributed by atoms with E-state index in [0.717, 1.165) is 39.5 Å². The molecule has 8 aliphatic rings. The summed E-state index contributed by atoms with van der Waals surface area (Å²) in [7, 11) is 0. The van der Waals surface area contributed by atoms with Crippen molar-refractivity contribution in [1.29, 1.82) is 0 Å². The molecule has 4 heteroatoms. The van der Waals surface area contributed by atoms with Crippen LogP contribution in [-0.2, 0) is 16.2 Å². The lowest BCUT2D eigenvalue weighted by Gasteiger charge is -2.48. The molecule has 0 amide bonds. The minimum Gasteiger partial charge on any atom is -0.311 e. The van der Waals surface area contributed by atoms with Gasteiger partial charge in [0.05, 0.1) is 33.0 Å². The predicted octanol–water partition coefficient (Wildman–Crippen LogP) is 23.6. The summed E-state index contributed by atoms with van der Waals surface area (Å²) in [4.78, 5) is 5.52. The average Bonchev–Trinajstić information content (AvgIpc) is 1.53. The van der Waals surface area contributed by atoms with Gasteiger partial charge in [0.1, 0.15) is 0 Å². The minimum atomic E-state index is -0.726. The summed E-state index contributed by atoms with van der Waals surface area (Å²) in [5.41, 5.74) is 45.7. The average molecular weight is 1380 g/mol. The molecule has 3 nitrogen and oxygen atoms in total. The first-order valence-electron chi connectivity index (χ1n) is 38.4. The minimum absolute atomic E-state index is 0.337. The molecule has 0 fully saturated rings. The third-order valence-electron chi connectivity index (χ3n) is 26.6. The van der Waals surface area contributed by atoms with Crippen LogP contribution in [0.2, 0.25) is 0 Å². The van der Waals surface area contributed by atoms with Gasteiger partial charge in [0.25, 0.3) is 6.71 Å². The van der Waals surface area contributed by atoms with Gasteiger partial charge in [0, 0.05) is 50.5 Å². The highest BCUT2D eigenvalue weighted by atomic mass is 15.2. The molecule has 3 heterocycles. The summed E-state index contributed by atoms with van der Waals surface area (Å²) in [6, 6.07) is 146. The molecule has 0 radical (unpaired) electrons. The van der Waals surface area contributed by atoms with Gasteiger partial charge in [-0.25, -0.2) is 0 Å². The molecule has 500 valence electrons. The lowest BCUT2D eigenvalue weighted by molar-refractivity contribution is 0.793. The van der Waals surface area contributed by atoms with Crippen molar-refractivity contribution in [2.75, 3.05) is 9.80 Å². The van der Waals surface area contributed by atoms with Gasteiger partial charge < -0.3 is 14.4 Å². The van der Waals surface area contributed by atoms with E-state index in [9.17, 15) is 0 Å². The number of rotatable bonds is 4. The number of benzene rings is 17. The van der Waals surface area contributed by atoms with E-state index in [0.29, 0.717) is 0 Å². The van der Waals surface area contributed by atoms with Crippen LogP contribution in [0.3, 0.4) is 0 Å². The molecular weight excluding hydrogens is 1310 g/mol. The number of aromatic nitrogens is 1. The molecule has 6 aliphatic carbocycles. The fourth-order valence-corrected chi connectivity index (χ4v) is 22.9. The zero-order valence-electron chi connectivity index (χ0n) is 59.2. The van der Waals surface area contributed by atoms with Crippen LogP contribution in [0.25, 0.3) is 105 Å². The van der Waals surface area contributed by atoms with Crippen LogP contribution >= 0.6 is 0 Å². The Bertz CT molecular complexity index is 6910. The summed E-state index contributed by atoms with van der Waals surface area (Å²) in [6.45, 7) is -0.337. The van der Waals surface area contributed by atoms with Crippen molar-refractivity contribution in [3.63, 3.8) is 0 Å². The van der Waals surface area contributed by atoms with Crippen LogP contribution < -0.4 is 26.2 Å². The molecule has 0 N–H and O–H groups in total. The third kappa shape index (κ3) is 6.92. The van der Waals surface area contributed by atoms with Gasteiger partial charge in [0.15, 0.2) is 0 Å². The fourth-order valence-electron chi connectivity index (χ4n) is 22.9. The summed E-state index contributed by atoms with van der Waals surface area (Å²) in [5.74, 6) is 0. The zero-order valence-corrected chi connectivity index (χ0v) is 59.2. The molecule has 17 aromatic carbocycles. The van der Waals surface area contributed by atoms with Crippen LogP contribution in [0.1, 0.15) is 66.8 Å². The Morgan fingerprint density at radius 2 is 0.560 bits per heavy atom. The van der Waals surface area contributed by atoms with E-state index in [1.807, 2.05) is 0 Å². The SMILES string of the molecule is c1ccc(-c2ccc(N3c4cc(-n5c6ccccc6c6ccccc65)cc5c4B(c4ccc6c(c43)C3(c4ccccc4-c4ccccc43)c3ccccc3-6)c3c(ccc4c3C3(c6ccccc6-c6ccccc63)c3ccccc3-4)N5c3ccc4c(c3)C3(c5ccccc5-c5ccccc53)c3ccccc3-4)cc2)cc1. The van der Waals surface area contributed by atoms with E-state index in [1.165, 1.54) is 183 Å². The Balaban J connectivity index is 0.865. The Morgan fingerprint density at radius 1 is 0.211 bits per heavy atom. The van der Waals surface area contributed by atoms with E-state index < -0.39 is 16.2 Å². The molecular formula is C105H62BN3. The quantitative estimate of drug-likeness (QED) is 0.163. The van der Waals surface area contributed by atoms with Gasteiger partial charge in [-0.2, -0.15) is 0 Å². The molecule has 109 heavy (non-hydrogen) atoms. The summed E-state index contributed by atoms with van der Waals surface area (Å²) < 4.78 is 2.58. The highest BCUT2D eigenvalue weighted by Crippen LogP contribution is 2.69. The highest BCUT2D eigenvalue weighted by Gasteiger charge is 2.60. The molecule has 18 aromatic rings. The first-order valence-corrected chi connectivity index (χ1v) is 38.4. The lowest BCUT2D eigenvalue weighted by atomic mass is 9.31. The Labute approximate surface area is 631 Å². The number of para-hydroxylation sites is 2. The molecule has 1 aromatic heterocycles. The Hall–Kier alpha value is -13.8. The fraction of sp³-hybridized carbons (Fsp3) is 0.0286. The van der Waals surface area contributed by atoms with Gasteiger partial charge in [0.2, 0.25) is 0 Å². The van der Waals surface area contributed by atoms with Gasteiger partial charge in [-0.15, -0.1) is 0 Å². The van der Waals surface area contributed by atoms with Crippen LogP contribution in [0.5, 0.6) is 0 Å². The third-order valence-corrected chi connectivity index (χ3v) is 26.6. The van der Waals surface area contributed by atoms with Gasteiger partial charge >= 0.3 is 0 Å². The maximum atomic E-state index is 2.77. The second-order valence-corrected chi connectivity index (χ2v) is 31.0. The monoisotopic (exact) mass is 1380 g/mol. The summed E-state index contributed by atoms with van der Waals surface area (Å²) in [5, 5.41) is 2.44. The molecule has 2 aliphatic heterocycles. The highest BCUT2D eigenvalue weighted by molar-refractivity contribution is 7.01. The van der Waals surface area contributed by atoms with Crippen molar-refractivity contribution in [2.45, 2.75) is 16.2 Å². The summed E-state index contributed by atoms with van der Waals surface area (Å²) >= 11 is 0. The largest absolute Gasteiger partial charge is 0.311 e. The second kappa shape index (κ2) is 20.8. The van der Waals surface area contributed by atoms with E-state index in [4.69, 9.17) is 0 Å². The first kappa shape index (κ1) is 58.5. The number of hydrogen-bond acceptors (Lipinski definition) is 2. The molecule has 0 saturated carbocycles. The molecule has 0 saturated heterocycles. The second-order valence-electron chi connectivity index (χ2n) is 31.0. The number of nitrogens with zero attached hydrogens (tertiary/aromatic N) is 3. The maximum Gasteiger partial charge on any atom is 0.252 e. The summed E-state index contributed by atoms with van der Waals surface area (Å²) in [6.07, 6.45) is 0. The van der Waals surface area contributed by atoms with Crippen molar-refractivity contribution < 1.29 is 0 Å². The molecule has 0 atom stereocenters. The molecule has 26 rings (SSSR count). The number of fused-ring (bicyclic) bond motifs is 39. The van der Waals surface area contributed by atoms with E-state index in [1.54, 1.807) is 0 Å². The molecule has 0 unspecified atom stereocenters. The van der Waals surface area contributed by atoms with E-state index >= 15 is 0 Å². The zero-order chi connectivity index (χ0) is 70.7. The maximum absolute atomic E-state index is 2.77. The topological polar surface area (TPSA) is 11.4 Å². The predicted molar refractivity (Wildman–Crippen MR) is 449 cm³/mol. The van der Waals surface area contributed by atoms with Crippen LogP contribution in [0, 0.1) is 0 Å². The Kier molecular flexibility index (Phi) is 11.2. The molecule has 0 bridgehead atoms.